The molecule has 0 N–H and O–H groups in total. The maximum absolute atomic E-state index is 6.24. The maximum Gasteiger partial charge on any atom is 0.189 e. The Labute approximate surface area is 116 Å². The molecule has 94 valence electrons. The van der Waals surface area contributed by atoms with E-state index in [1.807, 2.05) is 12.3 Å². The minimum absolute atomic E-state index is 0.547. The van der Waals surface area contributed by atoms with E-state index >= 15 is 0 Å². The van der Waals surface area contributed by atoms with Crippen molar-refractivity contribution in [3.05, 3.63) is 23.4 Å². The van der Waals surface area contributed by atoms with E-state index in [1.165, 1.54) is 30.3 Å². The van der Waals surface area contributed by atoms with Gasteiger partial charge in [0.05, 0.1) is 5.52 Å². The Hall–Kier alpha value is -1.00. The molecule has 0 atom stereocenters. The molecule has 2 heterocycles. The monoisotopic (exact) mass is 279 g/mol. The van der Waals surface area contributed by atoms with Crippen molar-refractivity contribution in [3.63, 3.8) is 0 Å². The van der Waals surface area contributed by atoms with Crippen LogP contribution in [0.1, 0.15) is 12.8 Å². The molecular weight excluding hydrogens is 266 g/mol. The van der Waals surface area contributed by atoms with Crippen LogP contribution in [0.3, 0.4) is 0 Å². The second kappa shape index (κ2) is 4.94. The van der Waals surface area contributed by atoms with Gasteiger partial charge in [-0.15, -0.1) is 0 Å². The molecule has 3 nitrogen and oxygen atoms in total. The first kappa shape index (κ1) is 12.1. The summed E-state index contributed by atoms with van der Waals surface area (Å²) in [5.41, 5.74) is 2.14. The molecule has 0 unspecified atom stereocenters. The third kappa shape index (κ3) is 2.15. The highest BCUT2D eigenvalue weighted by molar-refractivity contribution is 7.98. The minimum atomic E-state index is 0.547. The zero-order chi connectivity index (χ0) is 12.5. The molecule has 1 aliphatic rings. The predicted molar refractivity (Wildman–Crippen MR) is 77.8 cm³/mol. The highest BCUT2D eigenvalue weighted by Crippen LogP contribution is 2.29. The second-order valence-corrected chi connectivity index (χ2v) is 5.53. The van der Waals surface area contributed by atoms with Crippen LogP contribution in [0.25, 0.3) is 10.9 Å². The molecule has 1 saturated heterocycles. The Bertz CT molecular complexity index is 582. The number of nitrogens with zero attached hydrogens (tertiary/aromatic N) is 3. The molecule has 0 spiro atoms. The average molecular weight is 280 g/mol. The minimum Gasteiger partial charge on any atom is -0.372 e. The van der Waals surface area contributed by atoms with Gasteiger partial charge in [0.2, 0.25) is 0 Å². The van der Waals surface area contributed by atoms with Gasteiger partial charge in [0.25, 0.3) is 0 Å². The molecule has 2 aromatic rings. The summed E-state index contributed by atoms with van der Waals surface area (Å²) in [6.45, 7) is 2.26. The molecule has 1 aromatic heterocycles. The van der Waals surface area contributed by atoms with Crippen LogP contribution in [0.15, 0.2) is 23.4 Å². The van der Waals surface area contributed by atoms with E-state index in [1.54, 1.807) is 0 Å². The van der Waals surface area contributed by atoms with Crippen molar-refractivity contribution in [2.45, 2.75) is 18.0 Å². The van der Waals surface area contributed by atoms with E-state index in [2.05, 4.69) is 27.0 Å². The Kier molecular flexibility index (Phi) is 3.31. The molecule has 5 heteroatoms. The van der Waals surface area contributed by atoms with Gasteiger partial charge in [-0.1, -0.05) is 23.4 Å². The standard InChI is InChI=1S/C13H14ClN3S/c1-18-13-15-11-5-4-9(17-6-2-3-7-17)8-10(11)12(14)16-13/h4-5,8H,2-3,6-7H2,1H3. The second-order valence-electron chi connectivity index (χ2n) is 4.40. The van der Waals surface area contributed by atoms with Crippen LogP contribution < -0.4 is 4.90 Å². The topological polar surface area (TPSA) is 29.0 Å². The van der Waals surface area contributed by atoms with E-state index in [-0.39, 0.29) is 0 Å². The van der Waals surface area contributed by atoms with Gasteiger partial charge in [0.1, 0.15) is 5.15 Å². The van der Waals surface area contributed by atoms with E-state index in [0.29, 0.717) is 5.15 Å². The third-order valence-electron chi connectivity index (χ3n) is 3.27. The number of hydrogen-bond acceptors (Lipinski definition) is 4. The van der Waals surface area contributed by atoms with E-state index in [9.17, 15) is 0 Å². The summed E-state index contributed by atoms with van der Waals surface area (Å²) in [5.74, 6) is 0. The van der Waals surface area contributed by atoms with Crippen LogP contribution in [-0.4, -0.2) is 29.3 Å². The summed E-state index contributed by atoms with van der Waals surface area (Å²) in [6, 6.07) is 6.27. The number of benzene rings is 1. The number of thioether (sulfide) groups is 1. The summed E-state index contributed by atoms with van der Waals surface area (Å²) in [6.07, 6.45) is 4.50. The zero-order valence-electron chi connectivity index (χ0n) is 10.2. The first-order chi connectivity index (χ1) is 8.78. The Balaban J connectivity index is 2.08. The summed E-state index contributed by atoms with van der Waals surface area (Å²) >= 11 is 7.75. The van der Waals surface area contributed by atoms with Crippen molar-refractivity contribution in [1.82, 2.24) is 9.97 Å². The van der Waals surface area contributed by atoms with Crippen molar-refractivity contribution in [1.29, 1.82) is 0 Å². The quantitative estimate of drug-likeness (QED) is 0.477. The van der Waals surface area contributed by atoms with Crippen molar-refractivity contribution in [3.8, 4) is 0 Å². The Morgan fingerprint density at radius 1 is 1.22 bits per heavy atom. The molecule has 0 saturated carbocycles. The van der Waals surface area contributed by atoms with Gasteiger partial charge in [0.15, 0.2) is 5.16 Å². The fourth-order valence-corrected chi connectivity index (χ4v) is 2.98. The van der Waals surface area contributed by atoms with Crippen LogP contribution in [-0.2, 0) is 0 Å². The lowest BCUT2D eigenvalue weighted by Crippen LogP contribution is -2.17. The van der Waals surface area contributed by atoms with Crippen LogP contribution in [0, 0.1) is 0 Å². The molecule has 0 amide bonds. The number of fused-ring (bicyclic) bond motifs is 1. The normalized spacial score (nSPS) is 15.6. The first-order valence-electron chi connectivity index (χ1n) is 6.04. The molecule has 18 heavy (non-hydrogen) atoms. The molecular formula is C13H14ClN3S. The van der Waals surface area contributed by atoms with Crippen molar-refractivity contribution >= 4 is 40.0 Å². The lowest BCUT2D eigenvalue weighted by Gasteiger charge is -2.18. The number of halogens is 1. The molecule has 0 aliphatic carbocycles. The SMILES string of the molecule is CSc1nc(Cl)c2cc(N3CCCC3)ccc2n1. The number of anilines is 1. The maximum atomic E-state index is 6.24. The van der Waals surface area contributed by atoms with Crippen molar-refractivity contribution in [2.24, 2.45) is 0 Å². The fourth-order valence-electron chi connectivity index (χ4n) is 2.32. The lowest BCUT2D eigenvalue weighted by molar-refractivity contribution is 0.949. The Morgan fingerprint density at radius 3 is 2.72 bits per heavy atom. The number of hydrogen-bond donors (Lipinski definition) is 0. The summed E-state index contributed by atoms with van der Waals surface area (Å²) in [5, 5.41) is 2.21. The van der Waals surface area contributed by atoms with Crippen LogP contribution in [0.5, 0.6) is 0 Å². The highest BCUT2D eigenvalue weighted by atomic mass is 35.5. The van der Waals surface area contributed by atoms with Gasteiger partial charge in [-0.3, -0.25) is 0 Å². The molecule has 0 bridgehead atoms. The van der Waals surface area contributed by atoms with E-state index < -0.39 is 0 Å². The van der Waals surface area contributed by atoms with E-state index in [4.69, 9.17) is 11.6 Å². The summed E-state index contributed by atoms with van der Waals surface area (Å²) < 4.78 is 0. The van der Waals surface area contributed by atoms with Gasteiger partial charge in [0, 0.05) is 24.2 Å². The molecule has 1 aliphatic heterocycles. The highest BCUT2D eigenvalue weighted by Gasteiger charge is 2.14. The largest absolute Gasteiger partial charge is 0.372 e. The number of rotatable bonds is 2. The molecule has 1 fully saturated rings. The van der Waals surface area contributed by atoms with Gasteiger partial charge < -0.3 is 4.90 Å². The van der Waals surface area contributed by atoms with Gasteiger partial charge in [-0.25, -0.2) is 9.97 Å². The predicted octanol–water partition coefficient (Wildman–Crippen LogP) is 3.61. The lowest BCUT2D eigenvalue weighted by atomic mass is 10.2. The van der Waals surface area contributed by atoms with Gasteiger partial charge in [-0.2, -0.15) is 0 Å². The molecule has 1 aromatic carbocycles. The fraction of sp³-hybridized carbons (Fsp3) is 0.385. The van der Waals surface area contributed by atoms with Crippen LogP contribution in [0.2, 0.25) is 5.15 Å². The van der Waals surface area contributed by atoms with Gasteiger partial charge >= 0.3 is 0 Å². The number of aromatic nitrogens is 2. The van der Waals surface area contributed by atoms with Crippen molar-refractivity contribution in [2.75, 3.05) is 24.2 Å². The first-order valence-corrected chi connectivity index (χ1v) is 7.64. The third-order valence-corrected chi connectivity index (χ3v) is 4.10. The summed E-state index contributed by atoms with van der Waals surface area (Å²) in [7, 11) is 0. The van der Waals surface area contributed by atoms with Crippen LogP contribution >= 0.6 is 23.4 Å². The smallest absolute Gasteiger partial charge is 0.189 e. The average Bonchev–Trinajstić information content (AvgIpc) is 2.92. The zero-order valence-corrected chi connectivity index (χ0v) is 11.8. The Morgan fingerprint density at radius 2 is 2.00 bits per heavy atom. The molecule has 0 radical (unpaired) electrons. The summed E-state index contributed by atoms with van der Waals surface area (Å²) in [4.78, 5) is 11.1. The van der Waals surface area contributed by atoms with Crippen LogP contribution in [0.4, 0.5) is 5.69 Å². The van der Waals surface area contributed by atoms with Gasteiger partial charge in [-0.05, 0) is 37.3 Å². The molecule has 3 rings (SSSR count). The van der Waals surface area contributed by atoms with Crippen molar-refractivity contribution < 1.29 is 0 Å². The van der Waals surface area contributed by atoms with E-state index in [0.717, 1.165) is 29.1 Å².